The molecule has 18 heavy (non-hydrogen) atoms. The molecule has 0 atom stereocenters. The number of aromatic nitrogens is 2. The third kappa shape index (κ3) is 3.84. The van der Waals surface area contributed by atoms with Crippen LogP contribution in [-0.4, -0.2) is 16.3 Å². The zero-order valence-electron chi connectivity index (χ0n) is 11.9. The second-order valence-corrected chi connectivity index (χ2v) is 5.60. The van der Waals surface area contributed by atoms with E-state index in [1.165, 1.54) is 49.8 Å². The van der Waals surface area contributed by atoms with E-state index in [4.69, 9.17) is 0 Å². The van der Waals surface area contributed by atoms with Gasteiger partial charge in [0.15, 0.2) is 0 Å². The maximum absolute atomic E-state index is 4.47. The van der Waals surface area contributed by atoms with Crippen molar-refractivity contribution in [1.82, 2.24) is 15.1 Å². The molecule has 1 aliphatic rings. The molecule has 0 aliphatic heterocycles. The van der Waals surface area contributed by atoms with E-state index in [9.17, 15) is 0 Å². The average molecular weight is 249 g/mol. The van der Waals surface area contributed by atoms with E-state index >= 15 is 0 Å². The fraction of sp³-hybridized carbons (Fsp3) is 0.800. The monoisotopic (exact) mass is 249 g/mol. The quantitative estimate of drug-likeness (QED) is 0.753. The summed E-state index contributed by atoms with van der Waals surface area (Å²) in [5, 5.41) is 8.03. The Balaban J connectivity index is 1.62. The van der Waals surface area contributed by atoms with Crippen molar-refractivity contribution < 1.29 is 0 Å². The van der Waals surface area contributed by atoms with Gasteiger partial charge in [0.05, 0.1) is 5.69 Å². The molecule has 2 rings (SSSR count). The molecule has 1 aliphatic carbocycles. The Morgan fingerprint density at radius 2 is 2.17 bits per heavy atom. The summed E-state index contributed by atoms with van der Waals surface area (Å²) < 4.78 is 1.92. The van der Waals surface area contributed by atoms with Crippen LogP contribution in [0, 0.1) is 5.92 Å². The van der Waals surface area contributed by atoms with Gasteiger partial charge in [-0.25, -0.2) is 0 Å². The molecule has 1 aromatic heterocycles. The van der Waals surface area contributed by atoms with Crippen molar-refractivity contribution in [2.45, 2.75) is 58.4 Å². The van der Waals surface area contributed by atoms with Crippen molar-refractivity contribution in [3.63, 3.8) is 0 Å². The molecule has 1 heterocycles. The van der Waals surface area contributed by atoms with Gasteiger partial charge in [0, 0.05) is 25.4 Å². The van der Waals surface area contributed by atoms with E-state index in [-0.39, 0.29) is 0 Å². The average Bonchev–Trinajstić information content (AvgIpc) is 2.98. The highest BCUT2D eigenvalue weighted by atomic mass is 15.3. The van der Waals surface area contributed by atoms with Gasteiger partial charge in [-0.3, -0.25) is 4.68 Å². The molecule has 0 bridgehead atoms. The Morgan fingerprint density at radius 1 is 1.39 bits per heavy atom. The summed E-state index contributed by atoms with van der Waals surface area (Å²) in [4.78, 5) is 0. The molecule has 0 radical (unpaired) electrons. The molecule has 0 spiro atoms. The van der Waals surface area contributed by atoms with E-state index in [1.807, 2.05) is 11.7 Å². The van der Waals surface area contributed by atoms with Crippen LogP contribution in [0.3, 0.4) is 0 Å². The van der Waals surface area contributed by atoms with Crippen LogP contribution < -0.4 is 5.32 Å². The highest BCUT2D eigenvalue weighted by Gasteiger charge is 2.13. The van der Waals surface area contributed by atoms with Gasteiger partial charge in [-0.05, 0) is 31.7 Å². The first-order chi connectivity index (χ1) is 8.79. The molecule has 1 aromatic rings. The minimum atomic E-state index is 0.974. The molecule has 1 saturated carbocycles. The third-order valence-electron chi connectivity index (χ3n) is 4.08. The van der Waals surface area contributed by atoms with Crippen molar-refractivity contribution in [3.05, 3.63) is 17.5 Å². The lowest BCUT2D eigenvalue weighted by atomic mass is 10.0. The van der Waals surface area contributed by atoms with Crippen LogP contribution in [0.15, 0.2) is 6.20 Å². The molecule has 1 fully saturated rings. The molecule has 0 unspecified atom stereocenters. The predicted molar refractivity (Wildman–Crippen MR) is 75.5 cm³/mol. The maximum Gasteiger partial charge on any atom is 0.0666 e. The lowest BCUT2D eigenvalue weighted by Crippen LogP contribution is -2.16. The largest absolute Gasteiger partial charge is 0.313 e. The maximum atomic E-state index is 4.47. The summed E-state index contributed by atoms with van der Waals surface area (Å²) in [6.07, 6.45) is 11.8. The molecule has 3 heteroatoms. The van der Waals surface area contributed by atoms with Crippen LogP contribution in [0.2, 0.25) is 0 Å². The molecule has 102 valence electrons. The first-order valence-corrected chi connectivity index (χ1v) is 7.51. The normalized spacial score (nSPS) is 16.6. The number of aryl methyl sites for hydroxylation is 2. The van der Waals surface area contributed by atoms with E-state index in [2.05, 4.69) is 23.5 Å². The van der Waals surface area contributed by atoms with Crippen molar-refractivity contribution in [2.75, 3.05) is 6.54 Å². The van der Waals surface area contributed by atoms with Crippen LogP contribution in [0.1, 0.15) is 56.7 Å². The molecule has 1 N–H and O–H groups in total. The first kappa shape index (κ1) is 13.6. The summed E-state index contributed by atoms with van der Waals surface area (Å²) in [5.74, 6) is 1.02. The van der Waals surface area contributed by atoms with Gasteiger partial charge in [0.25, 0.3) is 0 Å². The van der Waals surface area contributed by atoms with Gasteiger partial charge in [-0.2, -0.15) is 5.10 Å². The van der Waals surface area contributed by atoms with Gasteiger partial charge < -0.3 is 5.32 Å². The van der Waals surface area contributed by atoms with E-state index in [1.54, 1.807) is 0 Å². The molecular formula is C15H27N3. The summed E-state index contributed by atoms with van der Waals surface area (Å²) >= 11 is 0. The lowest BCUT2D eigenvalue weighted by Gasteiger charge is -2.09. The number of hydrogen-bond donors (Lipinski definition) is 1. The summed E-state index contributed by atoms with van der Waals surface area (Å²) in [7, 11) is 2.00. The lowest BCUT2D eigenvalue weighted by molar-refractivity contribution is 0.470. The topological polar surface area (TPSA) is 29.9 Å². The zero-order chi connectivity index (χ0) is 12.8. The molecule has 0 amide bonds. The highest BCUT2D eigenvalue weighted by Crippen LogP contribution is 2.28. The van der Waals surface area contributed by atoms with Crippen molar-refractivity contribution in [2.24, 2.45) is 13.0 Å². The van der Waals surface area contributed by atoms with Crippen LogP contribution in [-0.2, 0) is 20.0 Å². The van der Waals surface area contributed by atoms with Crippen LogP contribution in [0.25, 0.3) is 0 Å². The summed E-state index contributed by atoms with van der Waals surface area (Å²) in [5.41, 5.74) is 2.60. The van der Waals surface area contributed by atoms with E-state index in [0.29, 0.717) is 0 Å². The number of nitrogens with zero attached hydrogens (tertiary/aromatic N) is 2. The second kappa shape index (κ2) is 6.93. The Bertz CT molecular complexity index is 351. The molecular weight excluding hydrogens is 222 g/mol. The second-order valence-electron chi connectivity index (χ2n) is 5.60. The fourth-order valence-corrected chi connectivity index (χ4v) is 3.07. The minimum absolute atomic E-state index is 0.974. The van der Waals surface area contributed by atoms with Crippen molar-refractivity contribution in [1.29, 1.82) is 0 Å². The standard InChI is InChI=1S/C15H27N3/c1-3-15-14(12-18(2)17-15)11-16-10-6-9-13-7-4-5-8-13/h12-13,16H,3-11H2,1-2H3. The molecule has 0 saturated heterocycles. The predicted octanol–water partition coefficient (Wildman–Crippen LogP) is 3.04. The SMILES string of the molecule is CCc1nn(C)cc1CNCCCC1CCCC1. The first-order valence-electron chi connectivity index (χ1n) is 7.51. The molecule has 3 nitrogen and oxygen atoms in total. The van der Waals surface area contributed by atoms with Gasteiger partial charge in [-0.15, -0.1) is 0 Å². The summed E-state index contributed by atoms with van der Waals surface area (Å²) in [6.45, 7) is 4.29. The minimum Gasteiger partial charge on any atom is -0.313 e. The van der Waals surface area contributed by atoms with E-state index < -0.39 is 0 Å². The Labute approximate surface area is 111 Å². The summed E-state index contributed by atoms with van der Waals surface area (Å²) in [6, 6.07) is 0. The van der Waals surface area contributed by atoms with Gasteiger partial charge >= 0.3 is 0 Å². The van der Waals surface area contributed by atoms with Crippen LogP contribution in [0.5, 0.6) is 0 Å². The fourth-order valence-electron chi connectivity index (χ4n) is 3.07. The van der Waals surface area contributed by atoms with Gasteiger partial charge in [-0.1, -0.05) is 32.6 Å². The Morgan fingerprint density at radius 3 is 2.89 bits per heavy atom. The zero-order valence-corrected chi connectivity index (χ0v) is 11.9. The highest BCUT2D eigenvalue weighted by molar-refractivity contribution is 5.16. The van der Waals surface area contributed by atoms with E-state index in [0.717, 1.165) is 25.4 Å². The van der Waals surface area contributed by atoms with Crippen molar-refractivity contribution >= 4 is 0 Å². The third-order valence-corrected chi connectivity index (χ3v) is 4.08. The van der Waals surface area contributed by atoms with Crippen LogP contribution >= 0.6 is 0 Å². The molecule has 0 aromatic carbocycles. The Hall–Kier alpha value is -0.830. The van der Waals surface area contributed by atoms with Gasteiger partial charge in [0.1, 0.15) is 0 Å². The van der Waals surface area contributed by atoms with Crippen LogP contribution in [0.4, 0.5) is 0 Å². The van der Waals surface area contributed by atoms with Gasteiger partial charge in [0.2, 0.25) is 0 Å². The Kier molecular flexibility index (Phi) is 5.24. The van der Waals surface area contributed by atoms with Crippen molar-refractivity contribution in [3.8, 4) is 0 Å². The number of rotatable bonds is 7. The smallest absolute Gasteiger partial charge is 0.0666 e. The number of hydrogen-bond acceptors (Lipinski definition) is 2. The number of nitrogens with one attached hydrogen (secondary N) is 1.